The maximum absolute atomic E-state index is 6.17. The Bertz CT molecular complexity index is 431. The van der Waals surface area contributed by atoms with Crippen LogP contribution in [0, 0.1) is 0 Å². The van der Waals surface area contributed by atoms with E-state index in [9.17, 15) is 0 Å². The first kappa shape index (κ1) is 13.8. The molecule has 1 unspecified atom stereocenters. The van der Waals surface area contributed by atoms with E-state index in [2.05, 4.69) is 27.8 Å². The molecule has 2 aliphatic rings. The number of rotatable bonds is 4. The number of ether oxygens (including phenoxy) is 1. The summed E-state index contributed by atoms with van der Waals surface area (Å²) in [7, 11) is 0. The van der Waals surface area contributed by atoms with Crippen LogP contribution in [0.25, 0.3) is 0 Å². The topological polar surface area (TPSA) is 28.6 Å². The molecule has 0 spiro atoms. The number of hydrogen-bond acceptors (Lipinski definition) is 4. The summed E-state index contributed by atoms with van der Waals surface area (Å²) in [5.41, 5.74) is 1.22. The minimum absolute atomic E-state index is 0.270. The first-order valence-electron chi connectivity index (χ1n) is 7.90. The Kier molecular flexibility index (Phi) is 4.53. The summed E-state index contributed by atoms with van der Waals surface area (Å²) >= 11 is 0. The SMILES string of the molecule is CCN1Cc2cccnc2OC(CCN2CCCC2)C1. The summed E-state index contributed by atoms with van der Waals surface area (Å²) in [6.45, 7) is 8.94. The zero-order valence-electron chi connectivity index (χ0n) is 12.4. The van der Waals surface area contributed by atoms with Crippen LogP contribution < -0.4 is 4.74 Å². The molecule has 0 radical (unpaired) electrons. The van der Waals surface area contributed by atoms with Crippen molar-refractivity contribution < 1.29 is 4.74 Å². The summed E-state index contributed by atoms with van der Waals surface area (Å²) < 4.78 is 6.17. The fourth-order valence-electron chi connectivity index (χ4n) is 3.16. The summed E-state index contributed by atoms with van der Waals surface area (Å²) in [5, 5.41) is 0. The van der Waals surface area contributed by atoms with Gasteiger partial charge in [-0.15, -0.1) is 0 Å². The van der Waals surface area contributed by atoms with Gasteiger partial charge in [0, 0.05) is 31.4 Å². The molecule has 3 rings (SSSR count). The van der Waals surface area contributed by atoms with Gasteiger partial charge in [0.1, 0.15) is 6.10 Å². The van der Waals surface area contributed by atoms with Gasteiger partial charge in [-0.1, -0.05) is 13.0 Å². The third kappa shape index (κ3) is 3.30. The smallest absolute Gasteiger partial charge is 0.218 e. The average molecular weight is 275 g/mol. The van der Waals surface area contributed by atoms with E-state index in [0.29, 0.717) is 0 Å². The fourth-order valence-corrected chi connectivity index (χ4v) is 3.16. The largest absolute Gasteiger partial charge is 0.473 e. The molecule has 0 N–H and O–H groups in total. The highest BCUT2D eigenvalue weighted by molar-refractivity contribution is 5.26. The lowest BCUT2D eigenvalue weighted by molar-refractivity contribution is 0.127. The van der Waals surface area contributed by atoms with E-state index in [0.717, 1.165) is 38.5 Å². The second kappa shape index (κ2) is 6.55. The molecule has 3 heterocycles. The Morgan fingerprint density at radius 1 is 1.30 bits per heavy atom. The molecule has 0 aliphatic carbocycles. The van der Waals surface area contributed by atoms with Gasteiger partial charge in [-0.3, -0.25) is 4.90 Å². The zero-order valence-corrected chi connectivity index (χ0v) is 12.4. The van der Waals surface area contributed by atoms with Crippen LogP contribution >= 0.6 is 0 Å². The lowest BCUT2D eigenvalue weighted by Gasteiger charge is -2.24. The molecular formula is C16H25N3O. The maximum Gasteiger partial charge on any atom is 0.218 e. The highest BCUT2D eigenvalue weighted by atomic mass is 16.5. The molecule has 0 aromatic carbocycles. The number of aromatic nitrogens is 1. The Balaban J connectivity index is 1.64. The molecule has 2 aliphatic heterocycles. The quantitative estimate of drug-likeness (QED) is 0.842. The monoisotopic (exact) mass is 275 g/mol. The van der Waals surface area contributed by atoms with E-state index < -0.39 is 0 Å². The normalized spacial score (nSPS) is 24.1. The molecule has 0 saturated carbocycles. The molecule has 1 atom stereocenters. The van der Waals surface area contributed by atoms with Crippen LogP contribution in [0.4, 0.5) is 0 Å². The maximum atomic E-state index is 6.17. The first-order valence-corrected chi connectivity index (χ1v) is 7.90. The lowest BCUT2D eigenvalue weighted by Crippen LogP contribution is -2.35. The molecule has 0 bridgehead atoms. The first-order chi connectivity index (χ1) is 9.85. The molecule has 1 aromatic rings. The van der Waals surface area contributed by atoms with Gasteiger partial charge in [0.25, 0.3) is 0 Å². The minimum Gasteiger partial charge on any atom is -0.473 e. The van der Waals surface area contributed by atoms with Crippen molar-refractivity contribution in [2.75, 3.05) is 32.7 Å². The number of hydrogen-bond donors (Lipinski definition) is 0. The second-order valence-corrected chi connectivity index (χ2v) is 5.87. The van der Waals surface area contributed by atoms with Crippen molar-refractivity contribution in [2.24, 2.45) is 0 Å². The summed E-state index contributed by atoms with van der Waals surface area (Å²) in [4.78, 5) is 9.44. The standard InChI is InChI=1S/C16H25N3O/c1-2-18-12-14-6-5-8-17-16(14)20-15(13-18)7-11-19-9-3-4-10-19/h5-6,8,15H,2-4,7,9-13H2,1H3. The van der Waals surface area contributed by atoms with E-state index in [1.807, 2.05) is 12.3 Å². The Labute approximate surface area is 121 Å². The Morgan fingerprint density at radius 3 is 2.95 bits per heavy atom. The van der Waals surface area contributed by atoms with Crippen LogP contribution in [0.2, 0.25) is 0 Å². The Hall–Kier alpha value is -1.13. The van der Waals surface area contributed by atoms with Gasteiger partial charge in [0.15, 0.2) is 0 Å². The van der Waals surface area contributed by atoms with Crippen LogP contribution in [-0.2, 0) is 6.54 Å². The number of nitrogens with zero attached hydrogens (tertiary/aromatic N) is 3. The van der Waals surface area contributed by atoms with Gasteiger partial charge in [0.05, 0.1) is 0 Å². The molecule has 20 heavy (non-hydrogen) atoms. The van der Waals surface area contributed by atoms with Crippen molar-refractivity contribution in [1.82, 2.24) is 14.8 Å². The van der Waals surface area contributed by atoms with Crippen LogP contribution in [0.3, 0.4) is 0 Å². The number of likely N-dealkylation sites (tertiary alicyclic amines) is 1. The molecule has 0 amide bonds. The fraction of sp³-hybridized carbons (Fsp3) is 0.688. The van der Waals surface area contributed by atoms with Gasteiger partial charge in [-0.2, -0.15) is 0 Å². The third-order valence-electron chi connectivity index (χ3n) is 4.40. The number of pyridine rings is 1. The predicted octanol–water partition coefficient (Wildman–Crippen LogP) is 2.15. The van der Waals surface area contributed by atoms with Crippen molar-refractivity contribution in [1.29, 1.82) is 0 Å². The van der Waals surface area contributed by atoms with E-state index in [1.165, 1.54) is 31.5 Å². The van der Waals surface area contributed by atoms with Crippen molar-refractivity contribution in [3.05, 3.63) is 23.9 Å². The minimum atomic E-state index is 0.270. The highest BCUT2D eigenvalue weighted by Crippen LogP contribution is 2.23. The summed E-state index contributed by atoms with van der Waals surface area (Å²) in [6, 6.07) is 4.13. The number of fused-ring (bicyclic) bond motifs is 1. The van der Waals surface area contributed by atoms with Crippen LogP contribution in [-0.4, -0.2) is 53.6 Å². The van der Waals surface area contributed by atoms with Crippen molar-refractivity contribution in [3.8, 4) is 5.88 Å². The summed E-state index contributed by atoms with van der Waals surface area (Å²) in [5.74, 6) is 0.842. The molecule has 1 aromatic heterocycles. The van der Waals surface area contributed by atoms with E-state index in [4.69, 9.17) is 4.74 Å². The predicted molar refractivity (Wildman–Crippen MR) is 79.9 cm³/mol. The average Bonchev–Trinajstić information content (AvgIpc) is 2.92. The molecule has 1 saturated heterocycles. The molecular weight excluding hydrogens is 250 g/mol. The van der Waals surface area contributed by atoms with Crippen LogP contribution in [0.1, 0.15) is 31.7 Å². The Morgan fingerprint density at radius 2 is 2.15 bits per heavy atom. The molecule has 110 valence electrons. The van der Waals surface area contributed by atoms with Crippen molar-refractivity contribution in [3.63, 3.8) is 0 Å². The van der Waals surface area contributed by atoms with E-state index in [-0.39, 0.29) is 6.10 Å². The van der Waals surface area contributed by atoms with Gasteiger partial charge >= 0.3 is 0 Å². The highest BCUT2D eigenvalue weighted by Gasteiger charge is 2.23. The van der Waals surface area contributed by atoms with Gasteiger partial charge < -0.3 is 9.64 Å². The van der Waals surface area contributed by atoms with Crippen LogP contribution in [0.15, 0.2) is 18.3 Å². The lowest BCUT2D eigenvalue weighted by atomic mass is 10.2. The van der Waals surface area contributed by atoms with E-state index >= 15 is 0 Å². The van der Waals surface area contributed by atoms with Gasteiger partial charge in [0.2, 0.25) is 5.88 Å². The number of likely N-dealkylation sites (N-methyl/N-ethyl adjacent to an activating group) is 1. The van der Waals surface area contributed by atoms with Crippen molar-refractivity contribution in [2.45, 2.75) is 38.8 Å². The second-order valence-electron chi connectivity index (χ2n) is 5.87. The van der Waals surface area contributed by atoms with Gasteiger partial charge in [-0.25, -0.2) is 4.98 Å². The molecule has 4 nitrogen and oxygen atoms in total. The van der Waals surface area contributed by atoms with Crippen LogP contribution in [0.5, 0.6) is 5.88 Å². The third-order valence-corrected chi connectivity index (χ3v) is 4.40. The van der Waals surface area contributed by atoms with Crippen molar-refractivity contribution >= 4 is 0 Å². The van der Waals surface area contributed by atoms with Gasteiger partial charge in [-0.05, 0) is 45.0 Å². The molecule has 1 fully saturated rings. The zero-order chi connectivity index (χ0) is 13.8. The summed E-state index contributed by atoms with van der Waals surface area (Å²) in [6.07, 6.45) is 5.92. The molecule has 4 heteroatoms. The van der Waals surface area contributed by atoms with E-state index in [1.54, 1.807) is 0 Å².